The van der Waals surface area contributed by atoms with Crippen molar-refractivity contribution < 1.29 is 14.6 Å². The first-order valence-corrected chi connectivity index (χ1v) is 8.62. The zero-order chi connectivity index (χ0) is 19.4. The fraction of sp³-hybridized carbons (Fsp3) is 0.368. The van der Waals surface area contributed by atoms with E-state index >= 15 is 0 Å². The number of benzene rings is 1. The number of aliphatic carboxylic acids is 1. The van der Waals surface area contributed by atoms with E-state index < -0.39 is 11.5 Å². The van der Waals surface area contributed by atoms with Crippen molar-refractivity contribution in [3.63, 3.8) is 0 Å². The van der Waals surface area contributed by atoms with Crippen molar-refractivity contribution in [3.8, 4) is 11.8 Å². The Morgan fingerprint density at radius 3 is 2.78 bits per heavy atom. The van der Waals surface area contributed by atoms with Crippen LogP contribution in [0, 0.1) is 11.3 Å². The monoisotopic (exact) mass is 368 g/mol. The summed E-state index contributed by atoms with van der Waals surface area (Å²) in [6.45, 7) is 0.779. The summed E-state index contributed by atoms with van der Waals surface area (Å²) in [5, 5.41) is 22.9. The van der Waals surface area contributed by atoms with Gasteiger partial charge in [-0.2, -0.15) is 10.4 Å². The highest BCUT2D eigenvalue weighted by Gasteiger charge is 2.29. The normalized spacial score (nSPS) is 16.8. The van der Waals surface area contributed by atoms with Gasteiger partial charge in [0.05, 0.1) is 31.9 Å². The first-order valence-electron chi connectivity index (χ1n) is 8.62. The lowest BCUT2D eigenvalue weighted by molar-refractivity contribution is -0.138. The SMILES string of the molecule is COc1ccc(Cn2nc(C3CCCN3CC(=O)O)cc(C#N)c2=O)cc1. The molecule has 0 saturated carbocycles. The van der Waals surface area contributed by atoms with E-state index in [1.165, 1.54) is 10.7 Å². The smallest absolute Gasteiger partial charge is 0.317 e. The van der Waals surface area contributed by atoms with E-state index in [0.717, 1.165) is 18.4 Å². The zero-order valence-electron chi connectivity index (χ0n) is 15.0. The number of rotatable bonds is 6. The molecular formula is C19H20N4O4. The van der Waals surface area contributed by atoms with Gasteiger partial charge in [-0.15, -0.1) is 0 Å². The minimum absolute atomic E-state index is 0.00990. The van der Waals surface area contributed by atoms with Crippen LogP contribution in [0.5, 0.6) is 5.75 Å². The summed E-state index contributed by atoms with van der Waals surface area (Å²) >= 11 is 0. The second-order valence-electron chi connectivity index (χ2n) is 6.43. The fourth-order valence-electron chi connectivity index (χ4n) is 3.34. The van der Waals surface area contributed by atoms with Crippen LogP contribution in [0.2, 0.25) is 0 Å². The van der Waals surface area contributed by atoms with Gasteiger partial charge < -0.3 is 9.84 Å². The number of hydrogen-bond donors (Lipinski definition) is 1. The highest BCUT2D eigenvalue weighted by molar-refractivity contribution is 5.69. The first-order chi connectivity index (χ1) is 13.0. The molecule has 3 rings (SSSR count). The van der Waals surface area contributed by atoms with Gasteiger partial charge in [0.1, 0.15) is 17.4 Å². The fourth-order valence-corrected chi connectivity index (χ4v) is 3.34. The number of likely N-dealkylation sites (tertiary alicyclic amines) is 1. The van der Waals surface area contributed by atoms with E-state index in [2.05, 4.69) is 5.10 Å². The van der Waals surface area contributed by atoms with Crippen LogP contribution in [0.4, 0.5) is 0 Å². The zero-order valence-corrected chi connectivity index (χ0v) is 15.0. The molecule has 1 aromatic heterocycles. The van der Waals surface area contributed by atoms with Crippen LogP contribution in [-0.4, -0.2) is 46.0 Å². The van der Waals surface area contributed by atoms with Crippen LogP contribution in [-0.2, 0) is 11.3 Å². The summed E-state index contributed by atoms with van der Waals surface area (Å²) in [6, 6.07) is 10.5. The molecule has 27 heavy (non-hydrogen) atoms. The van der Waals surface area contributed by atoms with Gasteiger partial charge in [-0.1, -0.05) is 12.1 Å². The summed E-state index contributed by atoms with van der Waals surface area (Å²) in [6.07, 6.45) is 1.59. The van der Waals surface area contributed by atoms with Crippen LogP contribution in [0.25, 0.3) is 0 Å². The van der Waals surface area contributed by atoms with Crippen molar-refractivity contribution in [2.75, 3.05) is 20.2 Å². The maximum atomic E-state index is 12.5. The van der Waals surface area contributed by atoms with Crippen molar-refractivity contribution in [2.45, 2.75) is 25.4 Å². The molecule has 8 nitrogen and oxygen atoms in total. The van der Waals surface area contributed by atoms with Gasteiger partial charge in [-0.3, -0.25) is 14.5 Å². The second kappa shape index (κ2) is 8.01. The number of nitrogens with zero attached hydrogens (tertiary/aromatic N) is 4. The number of hydrogen-bond acceptors (Lipinski definition) is 6. The number of carboxylic acid groups (broad SMARTS) is 1. The number of carbonyl (C=O) groups is 1. The lowest BCUT2D eigenvalue weighted by Gasteiger charge is -2.22. The third-order valence-corrected chi connectivity index (χ3v) is 4.65. The van der Waals surface area contributed by atoms with E-state index in [0.29, 0.717) is 18.0 Å². The summed E-state index contributed by atoms with van der Waals surface area (Å²) in [7, 11) is 1.58. The molecule has 1 aliphatic heterocycles. The molecule has 1 unspecified atom stereocenters. The molecule has 1 aliphatic rings. The van der Waals surface area contributed by atoms with E-state index in [-0.39, 0.29) is 24.7 Å². The van der Waals surface area contributed by atoms with Crippen molar-refractivity contribution >= 4 is 5.97 Å². The largest absolute Gasteiger partial charge is 0.497 e. The third-order valence-electron chi connectivity index (χ3n) is 4.65. The number of methoxy groups -OCH3 is 1. The average Bonchev–Trinajstić information content (AvgIpc) is 3.11. The molecule has 0 bridgehead atoms. The van der Waals surface area contributed by atoms with E-state index in [1.54, 1.807) is 19.2 Å². The van der Waals surface area contributed by atoms with Gasteiger partial charge in [0.15, 0.2) is 0 Å². The van der Waals surface area contributed by atoms with Crippen molar-refractivity contribution in [3.05, 3.63) is 57.5 Å². The summed E-state index contributed by atoms with van der Waals surface area (Å²) in [5.74, 6) is -0.199. The van der Waals surface area contributed by atoms with Gasteiger partial charge in [0, 0.05) is 0 Å². The Hall–Kier alpha value is -3.18. The molecule has 0 spiro atoms. The third kappa shape index (κ3) is 4.15. The van der Waals surface area contributed by atoms with Gasteiger partial charge in [0.2, 0.25) is 0 Å². The predicted molar refractivity (Wildman–Crippen MR) is 96.5 cm³/mol. The number of ether oxygens (including phenoxy) is 1. The Morgan fingerprint density at radius 2 is 2.15 bits per heavy atom. The maximum Gasteiger partial charge on any atom is 0.317 e. The molecule has 0 aliphatic carbocycles. The highest BCUT2D eigenvalue weighted by atomic mass is 16.5. The Morgan fingerprint density at radius 1 is 1.41 bits per heavy atom. The molecule has 2 aromatic rings. The Kier molecular flexibility index (Phi) is 5.52. The summed E-state index contributed by atoms with van der Waals surface area (Å²) in [4.78, 5) is 25.4. The number of carboxylic acids is 1. The molecule has 1 fully saturated rings. The maximum absolute atomic E-state index is 12.5. The lowest BCUT2D eigenvalue weighted by Crippen LogP contribution is -2.33. The van der Waals surface area contributed by atoms with E-state index in [9.17, 15) is 14.9 Å². The molecule has 1 N–H and O–H groups in total. The minimum atomic E-state index is -0.908. The highest BCUT2D eigenvalue weighted by Crippen LogP contribution is 2.30. The van der Waals surface area contributed by atoms with Gasteiger partial charge in [-0.05, 0) is 43.1 Å². The Labute approximate surface area is 156 Å². The summed E-state index contributed by atoms with van der Waals surface area (Å²) < 4.78 is 6.40. The van der Waals surface area contributed by atoms with E-state index in [1.807, 2.05) is 23.1 Å². The molecule has 2 heterocycles. The van der Waals surface area contributed by atoms with Crippen LogP contribution in [0.1, 0.15) is 35.7 Å². The molecule has 1 atom stereocenters. The Balaban J connectivity index is 1.94. The molecule has 8 heteroatoms. The Bertz CT molecular complexity index is 930. The molecule has 0 amide bonds. The number of nitriles is 1. The molecule has 140 valence electrons. The second-order valence-corrected chi connectivity index (χ2v) is 6.43. The van der Waals surface area contributed by atoms with Gasteiger partial charge >= 0.3 is 5.97 Å². The average molecular weight is 368 g/mol. The standard InChI is InChI=1S/C19H20N4O4/c1-27-15-6-4-13(5-7-15)11-23-19(26)14(10-20)9-16(21-23)17-3-2-8-22(17)12-18(24)25/h4-7,9,17H,2-3,8,11-12H2,1H3,(H,24,25). The summed E-state index contributed by atoms with van der Waals surface area (Å²) in [5.41, 5.74) is 0.953. The van der Waals surface area contributed by atoms with Gasteiger partial charge in [0.25, 0.3) is 5.56 Å². The van der Waals surface area contributed by atoms with E-state index in [4.69, 9.17) is 9.84 Å². The quantitative estimate of drug-likeness (QED) is 0.821. The number of aromatic nitrogens is 2. The molecule has 0 radical (unpaired) electrons. The van der Waals surface area contributed by atoms with Crippen LogP contribution < -0.4 is 10.3 Å². The first kappa shape index (κ1) is 18.6. The minimum Gasteiger partial charge on any atom is -0.497 e. The topological polar surface area (TPSA) is 108 Å². The predicted octanol–water partition coefficient (Wildman–Crippen LogP) is 1.39. The van der Waals surface area contributed by atoms with Gasteiger partial charge in [-0.25, -0.2) is 4.68 Å². The van der Waals surface area contributed by atoms with Crippen LogP contribution in [0.3, 0.4) is 0 Å². The lowest BCUT2D eigenvalue weighted by atomic mass is 10.1. The van der Waals surface area contributed by atoms with Crippen molar-refractivity contribution in [1.82, 2.24) is 14.7 Å². The molecule has 1 saturated heterocycles. The molecule has 1 aromatic carbocycles. The van der Waals surface area contributed by atoms with Crippen LogP contribution >= 0.6 is 0 Å². The van der Waals surface area contributed by atoms with Crippen molar-refractivity contribution in [1.29, 1.82) is 5.26 Å². The molecular weight excluding hydrogens is 348 g/mol. The van der Waals surface area contributed by atoms with Crippen molar-refractivity contribution in [2.24, 2.45) is 0 Å². The van der Waals surface area contributed by atoms with Crippen LogP contribution in [0.15, 0.2) is 35.1 Å².